The zero-order valence-electron chi connectivity index (χ0n) is 63.5. The number of nitrogens with one attached hydrogen (secondary N) is 3. The van der Waals surface area contributed by atoms with Crippen LogP contribution in [0.5, 0.6) is 17.2 Å². The maximum Gasteiger partial charge on any atom is 0.508 e. The summed E-state index contributed by atoms with van der Waals surface area (Å²) in [6.45, 7) is 10.3. The van der Waals surface area contributed by atoms with E-state index in [1.807, 2.05) is 32.9 Å². The third kappa shape index (κ3) is 23.0. The molecule has 0 radical (unpaired) electrons. The molecule has 0 spiro atoms. The number of halogens is 1. The highest BCUT2D eigenvalue weighted by Crippen LogP contribution is 2.47. The number of fused-ring (bicyclic) bond motifs is 4. The number of hydrogen-bond donors (Lipinski definition) is 5. The van der Waals surface area contributed by atoms with Gasteiger partial charge < -0.3 is 88.1 Å². The number of likely N-dealkylation sites (N-methyl/N-ethyl adjacent to an activating group) is 3. The molecule has 2 aliphatic heterocycles. The number of aliphatic hydroxyl groups is 1. The number of aromatic nitrogens is 2. The average molecular weight is 1570 g/mol. The fourth-order valence-electron chi connectivity index (χ4n) is 12.3. The summed E-state index contributed by atoms with van der Waals surface area (Å²) in [6.07, 6.45) is 2.11. The maximum atomic E-state index is 14.7. The van der Waals surface area contributed by atoms with E-state index in [1.54, 1.807) is 120 Å². The van der Waals surface area contributed by atoms with E-state index >= 15 is 0 Å². The zero-order valence-corrected chi connectivity index (χ0v) is 64.3. The number of phenols is 1. The van der Waals surface area contributed by atoms with Gasteiger partial charge in [0.05, 0.1) is 50.4 Å². The summed E-state index contributed by atoms with van der Waals surface area (Å²) in [4.78, 5) is 146. The molecule has 7 aromatic rings. The van der Waals surface area contributed by atoms with Crippen LogP contribution < -0.4 is 30.3 Å². The number of ether oxygens (including phenoxy) is 8. The van der Waals surface area contributed by atoms with Crippen LogP contribution in [0, 0.1) is 12.8 Å². The van der Waals surface area contributed by atoms with E-state index in [4.69, 9.17) is 49.5 Å². The van der Waals surface area contributed by atoms with Crippen LogP contribution in [0.2, 0.25) is 0 Å². The van der Waals surface area contributed by atoms with Crippen LogP contribution in [-0.4, -0.2) is 253 Å². The molecule has 596 valence electrons. The molecule has 0 saturated heterocycles. The topological polar surface area (TPSA) is 361 Å². The number of anilines is 3. The van der Waals surface area contributed by atoms with Gasteiger partial charge in [-0.1, -0.05) is 69.0 Å². The summed E-state index contributed by atoms with van der Waals surface area (Å²) in [7, 11) is 6.60. The first-order chi connectivity index (χ1) is 53.7. The number of aromatic hydroxyl groups is 1. The Balaban J connectivity index is 0.808. The van der Waals surface area contributed by atoms with Crippen LogP contribution >= 0.6 is 11.6 Å². The molecule has 33 heteroatoms. The molecule has 0 fully saturated rings. The molecular weight excluding hydrogens is 1470 g/mol. The van der Waals surface area contributed by atoms with Gasteiger partial charge in [-0.2, -0.15) is 0 Å². The molecule has 9 rings (SSSR count). The van der Waals surface area contributed by atoms with E-state index in [1.165, 1.54) is 64.0 Å². The number of hydrogen-bond acceptors (Lipinski definition) is 23. The number of carbonyl (C=O) groups excluding carboxylic acids is 10. The van der Waals surface area contributed by atoms with E-state index in [9.17, 15) is 58.2 Å². The van der Waals surface area contributed by atoms with Crippen LogP contribution in [0.4, 0.5) is 36.2 Å². The van der Waals surface area contributed by atoms with E-state index in [0.717, 1.165) is 33.6 Å². The highest BCUT2D eigenvalue weighted by Gasteiger charge is 2.38. The predicted molar refractivity (Wildman–Crippen MR) is 413 cm³/mol. The van der Waals surface area contributed by atoms with Gasteiger partial charge in [-0.3, -0.25) is 38.6 Å². The van der Waals surface area contributed by atoms with Crippen molar-refractivity contribution in [2.75, 3.05) is 142 Å². The third-order valence-corrected chi connectivity index (χ3v) is 18.6. The number of pyridine rings is 1. The number of rotatable bonds is 38. The Kier molecular flexibility index (Phi) is 30.4. The second kappa shape index (κ2) is 40.3. The summed E-state index contributed by atoms with van der Waals surface area (Å²) < 4.78 is 46.5. The quantitative estimate of drug-likeness (QED) is 0.00461. The number of carbonyl (C=O) groups is 10. The fourth-order valence-corrected chi connectivity index (χ4v) is 12.5. The molecule has 0 aliphatic carbocycles. The zero-order chi connectivity index (χ0) is 80.7. The monoisotopic (exact) mass is 1560 g/mol. The Morgan fingerprint density at radius 3 is 1.99 bits per heavy atom. The number of nitrogens with zero attached hydrogens (tertiary/aromatic N) is 9. The summed E-state index contributed by atoms with van der Waals surface area (Å²) in [5.74, 6) is -2.39. The van der Waals surface area contributed by atoms with Crippen molar-refractivity contribution in [1.29, 1.82) is 0 Å². The number of imide groups is 1. The predicted octanol–water partition coefficient (Wildman–Crippen LogP) is 8.36. The van der Waals surface area contributed by atoms with Crippen LogP contribution in [0.15, 0.2) is 146 Å². The van der Waals surface area contributed by atoms with E-state index in [2.05, 4.69) is 27.5 Å². The van der Waals surface area contributed by atoms with Gasteiger partial charge in [0, 0.05) is 119 Å². The van der Waals surface area contributed by atoms with E-state index in [0.29, 0.717) is 44.8 Å². The minimum Gasteiger partial charge on any atom is -0.508 e. The molecule has 5 N–H and O–H groups in total. The minimum atomic E-state index is -1.59. The van der Waals surface area contributed by atoms with E-state index < -0.39 is 72.5 Å². The molecule has 4 atom stereocenters. The van der Waals surface area contributed by atoms with Crippen molar-refractivity contribution in [2.24, 2.45) is 5.92 Å². The molecule has 2 aliphatic rings. The van der Waals surface area contributed by atoms with Gasteiger partial charge in [0.2, 0.25) is 11.8 Å². The summed E-state index contributed by atoms with van der Waals surface area (Å²) >= 11 is 6.70. The number of alkyl halides is 1. The minimum absolute atomic E-state index is 0.00866. The van der Waals surface area contributed by atoms with Crippen molar-refractivity contribution in [3.8, 4) is 17.2 Å². The second-order valence-corrected chi connectivity index (χ2v) is 27.3. The standard InChI is InChI=1S/C79H93ClN12O20/c1-10-37-107-79(104)108-42-41-106-39-35-88(32-30-86(8)75(100)109-48-53-14-20-57(21-15-53)82-71(96)52(5)81-73(98)70(50(2)3)85(6)7)77(102)111-60-25-16-54(17-26-60)49-110-76(101)87(9)31-33-89(34-38-105-40-36-91-66(94)28-29-67(91)95)78(103)112-64-43-63-69(68-51(4)12-11-13-61(64)68)56(44-80)45-92(63)74(99)62-47-90-46-58(22-27-65(90)84-62)83-72(97)55-18-23-59(93)24-19-55/h10-29,43,46-47,50,52,56,70,77,93,102H,1,30-42,44-45,48-49H2,2-9H3,(H,81,98)(H,82,96)(H,83,97)/t52-,56+,70-,77?/m0/s1. The highest BCUT2D eigenvalue weighted by atomic mass is 35.5. The van der Waals surface area contributed by atoms with Crippen molar-refractivity contribution < 1.29 is 96.1 Å². The molecule has 112 heavy (non-hydrogen) atoms. The molecule has 1 unspecified atom stereocenters. The third-order valence-electron chi connectivity index (χ3n) is 18.2. The molecule has 9 amide bonds. The van der Waals surface area contributed by atoms with Gasteiger partial charge in [0.25, 0.3) is 30.0 Å². The fraction of sp³-hybridized carbons (Fsp3) is 0.380. The van der Waals surface area contributed by atoms with Gasteiger partial charge >= 0.3 is 24.4 Å². The van der Waals surface area contributed by atoms with Crippen molar-refractivity contribution in [3.05, 3.63) is 180 Å². The first-order valence-electron chi connectivity index (χ1n) is 36.1. The molecule has 32 nitrogen and oxygen atoms in total. The van der Waals surface area contributed by atoms with Gasteiger partial charge in [-0.05, 0) is 122 Å². The largest absolute Gasteiger partial charge is 0.508 e. The maximum absolute atomic E-state index is 14.7. The lowest BCUT2D eigenvalue weighted by molar-refractivity contribution is -0.142. The van der Waals surface area contributed by atoms with Crippen LogP contribution in [-0.2, 0) is 60.8 Å². The van der Waals surface area contributed by atoms with Crippen LogP contribution in [0.3, 0.4) is 0 Å². The molecular formula is C79H93ClN12O20. The number of amides is 9. The Morgan fingerprint density at radius 1 is 0.696 bits per heavy atom. The highest BCUT2D eigenvalue weighted by molar-refractivity contribution is 6.19. The van der Waals surface area contributed by atoms with Crippen molar-refractivity contribution >= 4 is 105 Å². The van der Waals surface area contributed by atoms with Gasteiger partial charge in [0.1, 0.15) is 61.1 Å². The lowest BCUT2D eigenvalue weighted by Gasteiger charge is -2.29. The van der Waals surface area contributed by atoms with Gasteiger partial charge in [-0.25, -0.2) is 29.1 Å². The van der Waals surface area contributed by atoms with Crippen molar-refractivity contribution in [2.45, 2.75) is 65.3 Å². The van der Waals surface area contributed by atoms with Crippen molar-refractivity contribution in [3.63, 3.8) is 0 Å². The first kappa shape index (κ1) is 84.3. The molecule has 4 heterocycles. The smallest absolute Gasteiger partial charge is 0.508 e. The number of phenolic OH excluding ortho intramolecular Hbond substituents is 1. The average Bonchev–Trinajstić information content (AvgIpc) is 1.51. The normalized spacial score (nSPS) is 13.9. The van der Waals surface area contributed by atoms with Crippen molar-refractivity contribution in [1.82, 2.24) is 44.1 Å². The summed E-state index contributed by atoms with van der Waals surface area (Å²) in [5.41, 5.74) is 4.87. The molecule has 5 aromatic carbocycles. The van der Waals surface area contributed by atoms with E-state index in [-0.39, 0.29) is 152 Å². The van der Waals surface area contributed by atoms with Crippen LogP contribution in [0.1, 0.15) is 69.8 Å². The second-order valence-electron chi connectivity index (χ2n) is 27.0. The number of benzene rings is 5. The Morgan fingerprint density at radius 2 is 1.34 bits per heavy atom. The molecule has 2 aromatic heterocycles. The Hall–Kier alpha value is -11.7. The lowest BCUT2D eigenvalue weighted by atomic mass is 9.92. The Bertz CT molecular complexity index is 4520. The Labute approximate surface area is 652 Å². The first-order valence-corrected chi connectivity index (χ1v) is 36.6. The number of aliphatic hydroxyl groups excluding tert-OH is 1. The van der Waals surface area contributed by atoms with Crippen LogP contribution in [0.25, 0.3) is 16.4 Å². The summed E-state index contributed by atoms with van der Waals surface area (Å²) in [6, 6.07) is 28.0. The SMILES string of the molecule is C=CCOC(=O)OCCOCCN(CCN(C)C(=O)OCc1ccc(NC(=O)[C@H](C)NC(=O)[C@H](C(C)C)N(C)C)cc1)C(O)Oc1ccc(COC(=O)N(C)CCN(CCOCCN2C(=O)C=CC2=O)C(=O)Oc2cc3c(c4c(C)cccc24)[C@H](CCl)CN3C(=O)c2cn3cc(NC(=O)c4ccc(O)cc4)ccc3n2)cc1. The number of aryl methyl sites for hydroxylation is 1. The molecule has 0 saturated carbocycles. The number of imidazole rings is 1. The van der Waals surface area contributed by atoms with Gasteiger partial charge in [-0.15, -0.1) is 11.6 Å². The summed E-state index contributed by atoms with van der Waals surface area (Å²) in [5, 5.41) is 30.9. The molecule has 0 bridgehead atoms. The lowest BCUT2D eigenvalue weighted by Crippen LogP contribution is -2.51. The van der Waals surface area contributed by atoms with Gasteiger partial charge in [0.15, 0.2) is 0 Å².